The molecule has 0 fully saturated rings. The monoisotopic (exact) mass is 339 g/mol. The number of hydrogen-bond acceptors (Lipinski definition) is 6. The standard InChI is InChI=1S/C19H25N5O/c1-18(2,3)10-7-11(15(25)13(8-10)19(4,5)6)14-12(9-20)16(21)24-17(22)23-14/h7-8,25H,1-6H3,(H4,21,22,23,24). The van der Waals surface area contributed by atoms with E-state index in [1.807, 2.05) is 39.0 Å². The lowest BCUT2D eigenvalue weighted by Gasteiger charge is -2.27. The van der Waals surface area contributed by atoms with E-state index >= 15 is 0 Å². The number of nitrogens with two attached hydrogens (primary N) is 2. The fraction of sp³-hybridized carbons (Fsp3) is 0.421. The first-order valence-electron chi connectivity index (χ1n) is 8.07. The molecule has 1 aromatic heterocycles. The fourth-order valence-electron chi connectivity index (χ4n) is 2.62. The summed E-state index contributed by atoms with van der Waals surface area (Å²) in [5, 5.41) is 20.4. The predicted molar refractivity (Wildman–Crippen MR) is 100 cm³/mol. The highest BCUT2D eigenvalue weighted by Crippen LogP contribution is 2.42. The SMILES string of the molecule is CC(C)(C)c1cc(-c2nc(N)nc(N)c2C#N)c(O)c(C(C)(C)C)c1. The molecule has 0 spiro atoms. The number of hydrogen-bond donors (Lipinski definition) is 3. The lowest BCUT2D eigenvalue weighted by atomic mass is 9.78. The van der Waals surface area contributed by atoms with E-state index in [0.717, 1.165) is 11.1 Å². The minimum atomic E-state index is -0.295. The summed E-state index contributed by atoms with van der Waals surface area (Å²) < 4.78 is 0. The van der Waals surface area contributed by atoms with Gasteiger partial charge in [0.15, 0.2) is 0 Å². The number of aromatic hydroxyl groups is 1. The van der Waals surface area contributed by atoms with Gasteiger partial charge in [0.05, 0.1) is 5.69 Å². The number of aromatic nitrogens is 2. The van der Waals surface area contributed by atoms with Gasteiger partial charge in [0.1, 0.15) is 23.2 Å². The third-order valence-electron chi connectivity index (χ3n) is 4.11. The molecule has 132 valence electrons. The van der Waals surface area contributed by atoms with E-state index in [1.165, 1.54) is 0 Å². The lowest BCUT2D eigenvalue weighted by molar-refractivity contribution is 0.446. The van der Waals surface area contributed by atoms with E-state index in [-0.39, 0.29) is 39.6 Å². The summed E-state index contributed by atoms with van der Waals surface area (Å²) in [5.74, 6) is 0.0433. The molecule has 0 aliphatic rings. The van der Waals surface area contributed by atoms with E-state index in [0.29, 0.717) is 5.56 Å². The number of nitriles is 1. The van der Waals surface area contributed by atoms with E-state index in [9.17, 15) is 10.4 Å². The molecule has 0 bridgehead atoms. The zero-order valence-corrected chi connectivity index (χ0v) is 15.6. The van der Waals surface area contributed by atoms with E-state index in [4.69, 9.17) is 11.5 Å². The van der Waals surface area contributed by atoms with Crippen LogP contribution in [0.25, 0.3) is 11.3 Å². The molecule has 0 saturated heterocycles. The lowest BCUT2D eigenvalue weighted by Crippen LogP contribution is -2.17. The Balaban J connectivity index is 2.95. The molecule has 0 radical (unpaired) electrons. The summed E-state index contributed by atoms with van der Waals surface area (Å²) in [7, 11) is 0. The highest BCUT2D eigenvalue weighted by atomic mass is 16.3. The van der Waals surface area contributed by atoms with Gasteiger partial charge in [0.25, 0.3) is 0 Å². The summed E-state index contributed by atoms with van der Waals surface area (Å²) in [6.45, 7) is 12.3. The molecule has 0 atom stereocenters. The summed E-state index contributed by atoms with van der Waals surface area (Å²) >= 11 is 0. The number of rotatable bonds is 1. The average molecular weight is 339 g/mol. The van der Waals surface area contributed by atoms with Gasteiger partial charge in [0.2, 0.25) is 5.95 Å². The molecular formula is C19H25N5O. The molecule has 0 unspecified atom stereocenters. The molecule has 1 aromatic carbocycles. The quantitative estimate of drug-likeness (QED) is 0.731. The van der Waals surface area contributed by atoms with Gasteiger partial charge in [-0.25, -0.2) is 4.98 Å². The third kappa shape index (κ3) is 3.50. The first kappa shape index (κ1) is 18.5. The summed E-state index contributed by atoms with van der Waals surface area (Å²) in [6, 6.07) is 5.86. The van der Waals surface area contributed by atoms with Crippen LogP contribution in [0, 0.1) is 11.3 Å². The second-order valence-corrected chi connectivity index (χ2v) is 8.22. The summed E-state index contributed by atoms with van der Waals surface area (Å²) in [4.78, 5) is 8.03. The zero-order valence-electron chi connectivity index (χ0n) is 15.6. The molecule has 0 saturated carbocycles. The van der Waals surface area contributed by atoms with Gasteiger partial charge in [-0.3, -0.25) is 0 Å². The van der Waals surface area contributed by atoms with Crippen molar-refractivity contribution < 1.29 is 5.11 Å². The molecule has 6 nitrogen and oxygen atoms in total. The summed E-state index contributed by atoms with van der Waals surface area (Å²) in [6.07, 6.45) is 0. The van der Waals surface area contributed by atoms with Gasteiger partial charge in [-0.1, -0.05) is 47.6 Å². The number of benzene rings is 1. The molecule has 0 aliphatic heterocycles. The van der Waals surface area contributed by atoms with Crippen LogP contribution in [0.5, 0.6) is 5.75 Å². The van der Waals surface area contributed by atoms with Gasteiger partial charge >= 0.3 is 0 Å². The number of anilines is 2. The normalized spacial score (nSPS) is 12.0. The van der Waals surface area contributed by atoms with Crippen LogP contribution in [0.1, 0.15) is 58.2 Å². The molecule has 25 heavy (non-hydrogen) atoms. The van der Waals surface area contributed by atoms with Crippen molar-refractivity contribution in [3.8, 4) is 23.1 Å². The third-order valence-corrected chi connectivity index (χ3v) is 4.11. The molecule has 5 N–H and O–H groups in total. The Morgan fingerprint density at radius 2 is 1.60 bits per heavy atom. The summed E-state index contributed by atoms with van der Waals surface area (Å²) in [5.41, 5.74) is 13.7. The molecule has 2 aromatic rings. The van der Waals surface area contributed by atoms with Crippen LogP contribution in [0.2, 0.25) is 0 Å². The van der Waals surface area contributed by atoms with Crippen LogP contribution in [0.4, 0.5) is 11.8 Å². The van der Waals surface area contributed by atoms with E-state index < -0.39 is 0 Å². The van der Waals surface area contributed by atoms with Crippen LogP contribution in [-0.4, -0.2) is 15.1 Å². The first-order valence-corrected chi connectivity index (χ1v) is 8.07. The van der Waals surface area contributed by atoms with Crippen LogP contribution >= 0.6 is 0 Å². The second kappa shape index (κ2) is 5.92. The Hall–Kier alpha value is -2.81. The molecule has 1 heterocycles. The van der Waals surface area contributed by atoms with Gasteiger partial charge in [0, 0.05) is 11.1 Å². The molecule has 0 aliphatic carbocycles. The highest BCUT2D eigenvalue weighted by Gasteiger charge is 2.27. The first-order chi connectivity index (χ1) is 11.4. The second-order valence-electron chi connectivity index (χ2n) is 8.22. The van der Waals surface area contributed by atoms with Crippen molar-refractivity contribution in [2.45, 2.75) is 52.4 Å². The van der Waals surface area contributed by atoms with Crippen molar-refractivity contribution in [1.29, 1.82) is 5.26 Å². The minimum absolute atomic E-state index is 0.00266. The Morgan fingerprint density at radius 1 is 1.00 bits per heavy atom. The number of nitrogen functional groups attached to an aromatic ring is 2. The molecule has 6 heteroatoms. The Bertz CT molecular complexity index is 867. The van der Waals surface area contributed by atoms with Crippen molar-refractivity contribution in [3.05, 3.63) is 28.8 Å². The minimum Gasteiger partial charge on any atom is -0.507 e. The van der Waals surface area contributed by atoms with Crippen LogP contribution < -0.4 is 11.5 Å². The van der Waals surface area contributed by atoms with Gasteiger partial charge in [-0.15, -0.1) is 0 Å². The van der Waals surface area contributed by atoms with E-state index in [1.54, 1.807) is 0 Å². The molecular weight excluding hydrogens is 314 g/mol. The number of phenolic OH excluding ortho intramolecular Hbond substituents is 1. The Kier molecular flexibility index (Phi) is 4.39. The van der Waals surface area contributed by atoms with Crippen molar-refractivity contribution in [2.24, 2.45) is 0 Å². The van der Waals surface area contributed by atoms with Crippen LogP contribution in [0.15, 0.2) is 12.1 Å². The molecule has 2 rings (SSSR count). The number of phenols is 1. The Labute approximate surface area is 148 Å². The molecule has 0 amide bonds. The maximum absolute atomic E-state index is 10.9. The average Bonchev–Trinajstić information content (AvgIpc) is 2.44. The van der Waals surface area contributed by atoms with Crippen LogP contribution in [0.3, 0.4) is 0 Å². The van der Waals surface area contributed by atoms with Gasteiger partial charge in [-0.05, 0) is 22.5 Å². The smallest absolute Gasteiger partial charge is 0.222 e. The maximum Gasteiger partial charge on any atom is 0.222 e. The van der Waals surface area contributed by atoms with Crippen LogP contribution in [-0.2, 0) is 10.8 Å². The highest BCUT2D eigenvalue weighted by molar-refractivity contribution is 5.79. The van der Waals surface area contributed by atoms with Crippen molar-refractivity contribution in [1.82, 2.24) is 9.97 Å². The largest absolute Gasteiger partial charge is 0.507 e. The topological polar surface area (TPSA) is 122 Å². The zero-order chi connectivity index (χ0) is 19.2. The van der Waals surface area contributed by atoms with Crippen molar-refractivity contribution in [3.63, 3.8) is 0 Å². The van der Waals surface area contributed by atoms with Gasteiger partial charge < -0.3 is 16.6 Å². The van der Waals surface area contributed by atoms with Crippen molar-refractivity contribution >= 4 is 11.8 Å². The predicted octanol–water partition coefficient (Wildman–Crippen LogP) is 3.48. The number of nitrogens with zero attached hydrogens (tertiary/aromatic N) is 3. The fourth-order valence-corrected chi connectivity index (χ4v) is 2.62. The Morgan fingerprint density at radius 3 is 2.08 bits per heavy atom. The van der Waals surface area contributed by atoms with Gasteiger partial charge in [-0.2, -0.15) is 10.2 Å². The maximum atomic E-state index is 10.9. The van der Waals surface area contributed by atoms with Crippen molar-refractivity contribution in [2.75, 3.05) is 11.5 Å². The van der Waals surface area contributed by atoms with E-state index in [2.05, 4.69) is 30.7 Å².